The van der Waals surface area contributed by atoms with E-state index in [-0.39, 0.29) is 50.1 Å². The molecule has 1 aliphatic heterocycles. The Labute approximate surface area is 229 Å². The van der Waals surface area contributed by atoms with Gasteiger partial charge in [-0.15, -0.1) is 0 Å². The summed E-state index contributed by atoms with van der Waals surface area (Å²) in [5.41, 5.74) is 1.52. The Morgan fingerprint density at radius 3 is 2.16 bits per heavy atom. The average Bonchev–Trinajstić information content (AvgIpc) is 3.12. The van der Waals surface area contributed by atoms with Crippen LogP contribution in [0.3, 0.4) is 0 Å². The number of likely N-dealkylation sites (N-methyl/N-ethyl adjacent to an activating group) is 1. The Hall–Kier alpha value is -0.870. The molecule has 6 fully saturated rings. The van der Waals surface area contributed by atoms with Crippen LogP contribution in [-0.4, -0.2) is 40.3 Å². The first kappa shape index (κ1) is 26.4. The molecule has 0 amide bonds. The van der Waals surface area contributed by atoms with Crippen LogP contribution in [0.1, 0.15) is 106 Å². The number of fused-ring (bicyclic) bond motifs is 6. The van der Waals surface area contributed by atoms with Gasteiger partial charge in [0.2, 0.25) is 5.24 Å². The zero-order valence-electron chi connectivity index (χ0n) is 24.2. The monoisotopic (exact) mass is 529 g/mol. The molecule has 0 aromatic heterocycles. The third-order valence-electron chi connectivity index (χ3n) is 14.8. The molecule has 206 valence electrons. The van der Waals surface area contributed by atoms with Gasteiger partial charge in [-0.3, -0.25) is 14.5 Å². The fourth-order valence-corrected chi connectivity index (χ4v) is 13.2. The van der Waals surface area contributed by atoms with E-state index in [1.807, 2.05) is 0 Å². The van der Waals surface area contributed by atoms with Gasteiger partial charge in [0.15, 0.2) is 0 Å². The van der Waals surface area contributed by atoms with Crippen molar-refractivity contribution in [2.75, 3.05) is 7.05 Å². The second-order valence-electron chi connectivity index (χ2n) is 15.1. The number of halogens is 1. The van der Waals surface area contributed by atoms with E-state index < -0.39 is 0 Å². The Morgan fingerprint density at radius 2 is 1.54 bits per heavy atom. The summed E-state index contributed by atoms with van der Waals surface area (Å²) in [5, 5.41) is -0.0794. The van der Waals surface area contributed by atoms with E-state index in [0.717, 1.165) is 44.9 Å². The number of carbonyl (C=O) groups excluding carboxylic acids is 2. The minimum absolute atomic E-state index is 0.0146. The van der Waals surface area contributed by atoms with Crippen molar-refractivity contribution in [3.05, 3.63) is 12.2 Å². The number of hydrogen-bond acceptors (Lipinski definition) is 4. The highest BCUT2D eigenvalue weighted by Gasteiger charge is 2.86. The normalized spacial score (nSPS) is 57.6. The molecule has 1 saturated heterocycles. The van der Waals surface area contributed by atoms with Gasteiger partial charge in [-0.05, 0) is 137 Å². The van der Waals surface area contributed by atoms with Gasteiger partial charge >= 0.3 is 5.97 Å². The summed E-state index contributed by atoms with van der Waals surface area (Å²) in [6.07, 6.45) is 10.9. The summed E-state index contributed by atoms with van der Waals surface area (Å²) < 4.78 is 5.96. The topological polar surface area (TPSA) is 46.4 Å². The number of ether oxygens (including phenoxy) is 1. The van der Waals surface area contributed by atoms with Crippen LogP contribution in [0.15, 0.2) is 12.2 Å². The number of rotatable bonds is 3. The molecule has 5 saturated carbocycles. The van der Waals surface area contributed by atoms with Crippen LogP contribution in [0, 0.1) is 45.3 Å². The van der Waals surface area contributed by atoms with Crippen LogP contribution in [0.5, 0.6) is 0 Å². The van der Waals surface area contributed by atoms with Gasteiger partial charge < -0.3 is 4.74 Å². The third-order valence-corrected chi connectivity index (χ3v) is 15.2. The lowest BCUT2D eigenvalue weighted by Gasteiger charge is -2.71. The lowest BCUT2D eigenvalue weighted by Crippen LogP contribution is -2.68. The van der Waals surface area contributed by atoms with Gasteiger partial charge in [0, 0.05) is 17.9 Å². The number of likely N-dealkylation sites (tertiary alicyclic amines) is 1. The quantitative estimate of drug-likeness (QED) is 0.169. The van der Waals surface area contributed by atoms with Crippen molar-refractivity contribution in [2.24, 2.45) is 45.3 Å². The number of hydrogen-bond donors (Lipinski definition) is 0. The molecule has 0 aromatic carbocycles. The molecule has 12 unspecified atom stereocenters. The predicted octanol–water partition coefficient (Wildman–Crippen LogP) is 7.14. The zero-order valence-corrected chi connectivity index (χ0v) is 25.0. The predicted molar refractivity (Wildman–Crippen MR) is 147 cm³/mol. The minimum Gasteiger partial charge on any atom is -0.461 e. The molecule has 12 atom stereocenters. The molecular weight excluding hydrogens is 482 g/mol. The molecule has 5 heteroatoms. The van der Waals surface area contributed by atoms with Gasteiger partial charge in [-0.2, -0.15) is 0 Å². The molecule has 6 aliphatic rings. The van der Waals surface area contributed by atoms with E-state index in [4.69, 9.17) is 16.3 Å². The van der Waals surface area contributed by atoms with E-state index in [9.17, 15) is 9.59 Å². The maximum atomic E-state index is 13.1. The Balaban J connectivity index is 1.40. The fourth-order valence-electron chi connectivity index (χ4n) is 12.9. The van der Waals surface area contributed by atoms with E-state index in [1.54, 1.807) is 6.92 Å². The van der Waals surface area contributed by atoms with Gasteiger partial charge in [0.05, 0.1) is 5.54 Å². The highest BCUT2D eigenvalue weighted by molar-refractivity contribution is 6.64. The van der Waals surface area contributed by atoms with E-state index in [0.29, 0.717) is 23.7 Å². The van der Waals surface area contributed by atoms with Crippen molar-refractivity contribution in [3.63, 3.8) is 0 Å². The standard InChI is InChI=1S/C32H48ClNO3/c1-19(2)21-11-14-31(26(33)36)17-15-27(4)22(25(21)31)9-10-23-28(27,5)16-18-32-29(23,6)13-12-24(37-20(3)35)30(32,7)34(32)8/h21-25H,1,9-18H2,2-8H3. The lowest BCUT2D eigenvalue weighted by molar-refractivity contribution is -0.222. The summed E-state index contributed by atoms with van der Waals surface area (Å²) in [6.45, 7) is 18.3. The van der Waals surface area contributed by atoms with Gasteiger partial charge in [0.1, 0.15) is 6.10 Å². The van der Waals surface area contributed by atoms with Crippen LogP contribution in [0.2, 0.25) is 0 Å². The Bertz CT molecular complexity index is 1070. The number of allylic oxidation sites excluding steroid dienone is 1. The molecule has 0 radical (unpaired) electrons. The number of nitrogens with zero attached hydrogens (tertiary/aromatic N) is 1. The highest BCUT2D eigenvalue weighted by Crippen LogP contribution is 2.82. The summed E-state index contributed by atoms with van der Waals surface area (Å²) in [5.74, 6) is 1.75. The van der Waals surface area contributed by atoms with Gasteiger partial charge in [0.25, 0.3) is 0 Å². The summed E-state index contributed by atoms with van der Waals surface area (Å²) in [6, 6.07) is 0. The number of esters is 1. The van der Waals surface area contributed by atoms with Crippen LogP contribution in [0.25, 0.3) is 0 Å². The second-order valence-corrected chi connectivity index (χ2v) is 15.5. The lowest BCUT2D eigenvalue weighted by atomic mass is 9.33. The molecular formula is C32H48ClNO3. The van der Waals surface area contributed by atoms with E-state index in [2.05, 4.69) is 53.1 Å². The summed E-state index contributed by atoms with van der Waals surface area (Å²) in [4.78, 5) is 27.7. The molecule has 4 nitrogen and oxygen atoms in total. The molecule has 5 aliphatic carbocycles. The SMILES string of the molecule is C=C(C)C1CCC2(C(=O)Cl)CCC3(C)C(CCC4C3(C)CCC35N(C)C3(C)C(OC(C)=O)CCC45C)C12. The molecule has 0 aromatic rings. The first-order chi connectivity index (χ1) is 17.2. The second kappa shape index (κ2) is 7.65. The average molecular weight is 530 g/mol. The Kier molecular flexibility index (Phi) is 5.45. The third kappa shape index (κ3) is 2.72. The van der Waals surface area contributed by atoms with Crippen molar-refractivity contribution < 1.29 is 14.3 Å². The van der Waals surface area contributed by atoms with E-state index >= 15 is 0 Å². The minimum atomic E-state index is -0.351. The highest BCUT2D eigenvalue weighted by atomic mass is 35.5. The van der Waals surface area contributed by atoms with E-state index in [1.165, 1.54) is 24.8 Å². The van der Waals surface area contributed by atoms with Gasteiger partial charge in [-0.25, -0.2) is 0 Å². The van der Waals surface area contributed by atoms with Crippen molar-refractivity contribution in [1.29, 1.82) is 0 Å². The largest absolute Gasteiger partial charge is 0.461 e. The van der Waals surface area contributed by atoms with Crippen LogP contribution in [-0.2, 0) is 14.3 Å². The van der Waals surface area contributed by atoms with Crippen molar-refractivity contribution in [3.8, 4) is 0 Å². The number of carbonyl (C=O) groups is 2. The molecule has 1 heterocycles. The molecule has 0 bridgehead atoms. The van der Waals surface area contributed by atoms with Gasteiger partial charge in [-0.1, -0.05) is 32.9 Å². The van der Waals surface area contributed by atoms with Crippen molar-refractivity contribution in [1.82, 2.24) is 4.90 Å². The van der Waals surface area contributed by atoms with Crippen molar-refractivity contribution >= 4 is 22.8 Å². The first-order valence-corrected chi connectivity index (χ1v) is 15.3. The van der Waals surface area contributed by atoms with Crippen molar-refractivity contribution in [2.45, 2.75) is 123 Å². The summed E-state index contributed by atoms with van der Waals surface area (Å²) >= 11 is 6.48. The molecule has 1 spiro atoms. The Morgan fingerprint density at radius 1 is 0.865 bits per heavy atom. The van der Waals surface area contributed by atoms with Crippen LogP contribution >= 0.6 is 11.6 Å². The smallest absolute Gasteiger partial charge is 0.302 e. The molecule has 0 N–H and O–H groups in total. The van der Waals surface area contributed by atoms with Crippen LogP contribution < -0.4 is 0 Å². The molecule has 6 rings (SSSR count). The maximum Gasteiger partial charge on any atom is 0.302 e. The maximum absolute atomic E-state index is 13.1. The van der Waals surface area contributed by atoms with Crippen LogP contribution in [0.4, 0.5) is 0 Å². The fraction of sp³-hybridized carbons (Fsp3) is 0.875. The molecule has 37 heavy (non-hydrogen) atoms. The first-order valence-electron chi connectivity index (χ1n) is 14.9. The zero-order chi connectivity index (χ0) is 27.0. The summed E-state index contributed by atoms with van der Waals surface area (Å²) in [7, 11) is 2.28.